The number of rotatable bonds is 6. The molecule has 0 spiro atoms. The average Bonchev–Trinajstić information content (AvgIpc) is 2.86. The summed E-state index contributed by atoms with van der Waals surface area (Å²) in [7, 11) is 0. The Kier molecular flexibility index (Phi) is 5.20. The van der Waals surface area contributed by atoms with Crippen molar-refractivity contribution in [2.45, 2.75) is 32.8 Å². The molecule has 5 nitrogen and oxygen atoms in total. The first-order valence-electron chi connectivity index (χ1n) is 7.37. The standard InChI is InChI=1S/C16H22N2O3/c1-11(2)21-13-5-3-12(4-6-13)7-9-17-15(19)14-8-10-18-16(14)20/h3-6,11,14H,7-10H2,1-2H3,(H,17,19)(H,18,20). The van der Waals surface area contributed by atoms with Gasteiger partial charge in [0.15, 0.2) is 0 Å². The second kappa shape index (κ2) is 7.11. The van der Waals surface area contributed by atoms with Crippen LogP contribution in [0.5, 0.6) is 5.75 Å². The van der Waals surface area contributed by atoms with Crippen LogP contribution in [0.1, 0.15) is 25.8 Å². The smallest absolute Gasteiger partial charge is 0.232 e. The molecule has 1 saturated heterocycles. The van der Waals surface area contributed by atoms with E-state index in [-0.39, 0.29) is 17.9 Å². The predicted octanol–water partition coefficient (Wildman–Crippen LogP) is 1.27. The zero-order chi connectivity index (χ0) is 15.2. The summed E-state index contributed by atoms with van der Waals surface area (Å²) in [4.78, 5) is 23.2. The Morgan fingerprint density at radius 1 is 1.38 bits per heavy atom. The van der Waals surface area contributed by atoms with Gasteiger partial charge in [-0.25, -0.2) is 0 Å². The maximum atomic E-state index is 11.8. The highest BCUT2D eigenvalue weighted by Crippen LogP contribution is 2.14. The van der Waals surface area contributed by atoms with Gasteiger partial charge in [0.05, 0.1) is 6.10 Å². The number of carbonyl (C=O) groups excluding carboxylic acids is 2. The molecule has 2 rings (SSSR count). The van der Waals surface area contributed by atoms with Gasteiger partial charge in [0, 0.05) is 13.1 Å². The highest BCUT2D eigenvalue weighted by atomic mass is 16.5. The normalized spacial score (nSPS) is 17.7. The number of hydrogen-bond donors (Lipinski definition) is 2. The van der Waals surface area contributed by atoms with Gasteiger partial charge in [-0.05, 0) is 44.4 Å². The van der Waals surface area contributed by atoms with E-state index in [4.69, 9.17) is 4.74 Å². The van der Waals surface area contributed by atoms with Gasteiger partial charge in [-0.15, -0.1) is 0 Å². The van der Waals surface area contributed by atoms with Crippen LogP contribution >= 0.6 is 0 Å². The number of hydrogen-bond acceptors (Lipinski definition) is 3. The molecule has 1 fully saturated rings. The Morgan fingerprint density at radius 3 is 2.67 bits per heavy atom. The van der Waals surface area contributed by atoms with Crippen molar-refractivity contribution < 1.29 is 14.3 Å². The van der Waals surface area contributed by atoms with Crippen molar-refractivity contribution in [3.8, 4) is 5.75 Å². The predicted molar refractivity (Wildman–Crippen MR) is 80.0 cm³/mol. The molecule has 1 aromatic rings. The highest BCUT2D eigenvalue weighted by molar-refractivity contribution is 6.01. The van der Waals surface area contributed by atoms with Gasteiger partial charge in [-0.1, -0.05) is 12.1 Å². The summed E-state index contributed by atoms with van der Waals surface area (Å²) in [6, 6.07) is 7.85. The Balaban J connectivity index is 1.75. The lowest BCUT2D eigenvalue weighted by molar-refractivity contribution is -0.132. The van der Waals surface area contributed by atoms with Gasteiger partial charge >= 0.3 is 0 Å². The first kappa shape index (κ1) is 15.4. The van der Waals surface area contributed by atoms with Crippen molar-refractivity contribution in [2.75, 3.05) is 13.1 Å². The van der Waals surface area contributed by atoms with E-state index < -0.39 is 5.92 Å². The SMILES string of the molecule is CC(C)Oc1ccc(CCNC(=O)C2CCNC2=O)cc1. The number of benzene rings is 1. The molecule has 0 aliphatic carbocycles. The molecule has 2 N–H and O–H groups in total. The minimum absolute atomic E-state index is 0.160. The summed E-state index contributed by atoms with van der Waals surface area (Å²) in [5, 5.41) is 5.49. The highest BCUT2D eigenvalue weighted by Gasteiger charge is 2.30. The molecule has 1 unspecified atom stereocenters. The van der Waals surface area contributed by atoms with Crippen LogP contribution in [-0.4, -0.2) is 31.0 Å². The van der Waals surface area contributed by atoms with E-state index >= 15 is 0 Å². The van der Waals surface area contributed by atoms with Crippen LogP contribution in [0.4, 0.5) is 0 Å². The second-order valence-corrected chi connectivity index (χ2v) is 5.48. The van der Waals surface area contributed by atoms with Crippen molar-refractivity contribution in [2.24, 2.45) is 5.92 Å². The molecular formula is C16H22N2O3. The molecule has 1 aliphatic rings. The quantitative estimate of drug-likeness (QED) is 0.775. The number of carbonyl (C=O) groups is 2. The largest absolute Gasteiger partial charge is 0.491 e. The Morgan fingerprint density at radius 2 is 2.10 bits per heavy atom. The molecule has 1 aromatic carbocycles. The summed E-state index contributed by atoms with van der Waals surface area (Å²) in [5.74, 6) is -0.0142. The average molecular weight is 290 g/mol. The maximum absolute atomic E-state index is 11.8. The minimum Gasteiger partial charge on any atom is -0.491 e. The number of amides is 2. The summed E-state index contributed by atoms with van der Waals surface area (Å²) < 4.78 is 5.58. The van der Waals surface area contributed by atoms with Gasteiger partial charge in [-0.2, -0.15) is 0 Å². The summed E-state index contributed by atoms with van der Waals surface area (Å²) in [5.41, 5.74) is 1.13. The van der Waals surface area contributed by atoms with Crippen molar-refractivity contribution in [3.63, 3.8) is 0 Å². The van der Waals surface area contributed by atoms with E-state index in [1.165, 1.54) is 0 Å². The Bertz CT molecular complexity index is 497. The van der Waals surface area contributed by atoms with E-state index in [0.29, 0.717) is 19.5 Å². The fourth-order valence-electron chi connectivity index (χ4n) is 2.30. The molecule has 1 heterocycles. The van der Waals surface area contributed by atoms with Crippen LogP contribution in [0, 0.1) is 5.92 Å². The summed E-state index contributed by atoms with van der Waals surface area (Å²) in [6.45, 7) is 5.10. The lowest BCUT2D eigenvalue weighted by Gasteiger charge is -2.11. The summed E-state index contributed by atoms with van der Waals surface area (Å²) in [6.07, 6.45) is 1.49. The van der Waals surface area contributed by atoms with Crippen LogP contribution in [0.3, 0.4) is 0 Å². The molecule has 0 bridgehead atoms. The molecule has 21 heavy (non-hydrogen) atoms. The van der Waals surface area contributed by atoms with Crippen LogP contribution in [-0.2, 0) is 16.0 Å². The van der Waals surface area contributed by atoms with E-state index in [1.54, 1.807) is 0 Å². The van der Waals surface area contributed by atoms with Crippen LogP contribution in [0.15, 0.2) is 24.3 Å². The molecule has 1 atom stereocenters. The third kappa shape index (κ3) is 4.48. The van der Waals surface area contributed by atoms with Crippen molar-refractivity contribution >= 4 is 11.8 Å². The molecule has 0 aromatic heterocycles. The lowest BCUT2D eigenvalue weighted by atomic mass is 10.1. The molecular weight excluding hydrogens is 268 g/mol. The van der Waals surface area contributed by atoms with Crippen molar-refractivity contribution in [1.29, 1.82) is 0 Å². The van der Waals surface area contributed by atoms with Gasteiger partial charge in [0.25, 0.3) is 0 Å². The zero-order valence-corrected chi connectivity index (χ0v) is 12.5. The van der Waals surface area contributed by atoms with Crippen LogP contribution < -0.4 is 15.4 Å². The van der Waals surface area contributed by atoms with Crippen LogP contribution in [0.25, 0.3) is 0 Å². The van der Waals surface area contributed by atoms with Crippen molar-refractivity contribution in [3.05, 3.63) is 29.8 Å². The third-order valence-corrected chi connectivity index (χ3v) is 3.37. The first-order chi connectivity index (χ1) is 10.1. The zero-order valence-electron chi connectivity index (χ0n) is 12.5. The van der Waals surface area contributed by atoms with Gasteiger partial charge < -0.3 is 15.4 Å². The lowest BCUT2D eigenvalue weighted by Crippen LogP contribution is -2.36. The molecule has 5 heteroatoms. The molecule has 2 amide bonds. The Hall–Kier alpha value is -2.04. The van der Waals surface area contributed by atoms with Gasteiger partial charge in [0.1, 0.15) is 11.7 Å². The first-order valence-corrected chi connectivity index (χ1v) is 7.37. The topological polar surface area (TPSA) is 67.4 Å². The molecule has 114 valence electrons. The second-order valence-electron chi connectivity index (χ2n) is 5.48. The van der Waals surface area contributed by atoms with E-state index in [0.717, 1.165) is 17.7 Å². The maximum Gasteiger partial charge on any atom is 0.232 e. The van der Waals surface area contributed by atoms with E-state index in [2.05, 4.69) is 10.6 Å². The fourth-order valence-corrected chi connectivity index (χ4v) is 2.30. The minimum atomic E-state index is -0.521. The monoisotopic (exact) mass is 290 g/mol. The van der Waals surface area contributed by atoms with E-state index in [1.807, 2.05) is 38.1 Å². The van der Waals surface area contributed by atoms with Crippen LogP contribution in [0.2, 0.25) is 0 Å². The van der Waals surface area contributed by atoms with Crippen molar-refractivity contribution in [1.82, 2.24) is 10.6 Å². The van der Waals surface area contributed by atoms with Gasteiger partial charge in [0.2, 0.25) is 11.8 Å². The molecule has 1 aliphatic heterocycles. The van der Waals surface area contributed by atoms with E-state index in [9.17, 15) is 9.59 Å². The van der Waals surface area contributed by atoms with Gasteiger partial charge in [-0.3, -0.25) is 9.59 Å². The Labute approximate surface area is 125 Å². The molecule has 0 saturated carbocycles. The number of ether oxygens (including phenoxy) is 1. The fraction of sp³-hybridized carbons (Fsp3) is 0.500. The summed E-state index contributed by atoms with van der Waals surface area (Å²) >= 11 is 0. The number of nitrogens with one attached hydrogen (secondary N) is 2. The third-order valence-electron chi connectivity index (χ3n) is 3.37. The molecule has 0 radical (unpaired) electrons.